The second kappa shape index (κ2) is 7.57. The lowest BCUT2D eigenvalue weighted by atomic mass is 10.2. The first kappa shape index (κ1) is 18.6. The van der Waals surface area contributed by atoms with Crippen LogP contribution in [0.3, 0.4) is 0 Å². The lowest BCUT2D eigenvalue weighted by molar-refractivity contribution is -0.141. The number of halogens is 3. The van der Waals surface area contributed by atoms with Crippen LogP contribution in [0.2, 0.25) is 0 Å². The van der Waals surface area contributed by atoms with Gasteiger partial charge in [0.25, 0.3) is 0 Å². The Morgan fingerprint density at radius 3 is 2.77 bits per heavy atom. The lowest BCUT2D eigenvalue weighted by Gasteiger charge is -2.25. The maximum Gasteiger partial charge on any atom is 0.433 e. The van der Waals surface area contributed by atoms with E-state index in [0.717, 1.165) is 56.1 Å². The van der Waals surface area contributed by atoms with E-state index in [2.05, 4.69) is 19.9 Å². The second-order valence-electron chi connectivity index (χ2n) is 6.61. The fourth-order valence-corrected chi connectivity index (χ4v) is 3.18. The fraction of sp³-hybridized carbons (Fsp3) is 0.500. The zero-order chi connectivity index (χ0) is 18.7. The molecule has 0 N–H and O–H groups in total. The summed E-state index contributed by atoms with van der Waals surface area (Å²) in [7, 11) is 1.76. The fourth-order valence-electron chi connectivity index (χ4n) is 3.18. The zero-order valence-electron chi connectivity index (χ0n) is 14.9. The van der Waals surface area contributed by atoms with Crippen molar-refractivity contribution in [1.82, 2.24) is 19.9 Å². The summed E-state index contributed by atoms with van der Waals surface area (Å²) in [5.74, 6) is 0.118. The molecule has 5 nitrogen and oxygen atoms in total. The third-order valence-electron chi connectivity index (χ3n) is 4.67. The molecular weight excluding hydrogens is 343 g/mol. The molecule has 1 saturated heterocycles. The molecule has 0 aliphatic carbocycles. The van der Waals surface area contributed by atoms with Crippen LogP contribution in [0.5, 0.6) is 0 Å². The van der Waals surface area contributed by atoms with E-state index >= 15 is 0 Å². The molecule has 26 heavy (non-hydrogen) atoms. The summed E-state index contributed by atoms with van der Waals surface area (Å²) in [6.45, 7) is 4.53. The number of aryl methyl sites for hydroxylation is 1. The molecule has 2 aromatic heterocycles. The van der Waals surface area contributed by atoms with Crippen LogP contribution in [-0.4, -0.2) is 52.6 Å². The summed E-state index contributed by atoms with van der Waals surface area (Å²) < 4.78 is 38.5. The number of hydrogen-bond donors (Lipinski definition) is 0. The van der Waals surface area contributed by atoms with Crippen molar-refractivity contribution in [3.63, 3.8) is 0 Å². The highest BCUT2D eigenvalue weighted by molar-refractivity contribution is 5.32. The van der Waals surface area contributed by atoms with Crippen LogP contribution in [0.1, 0.15) is 23.5 Å². The van der Waals surface area contributed by atoms with Crippen molar-refractivity contribution in [2.45, 2.75) is 32.0 Å². The van der Waals surface area contributed by atoms with Crippen molar-refractivity contribution < 1.29 is 13.2 Å². The first-order valence-corrected chi connectivity index (χ1v) is 8.61. The van der Waals surface area contributed by atoms with E-state index in [4.69, 9.17) is 0 Å². The summed E-state index contributed by atoms with van der Waals surface area (Å²) in [6.07, 6.45) is -1.56. The standard InChI is InChI=1S/C18H22F3N5/c1-13-4-3-5-14(23-13)7-10-26-11-8-15(12-26)25(2)17-22-9-6-16(24-17)18(19,20)21/h3-6,9,15H,7-8,10-12H2,1-2H3. The molecule has 0 spiro atoms. The largest absolute Gasteiger partial charge is 0.433 e. The number of likely N-dealkylation sites (tertiary alicyclic amines) is 1. The lowest BCUT2D eigenvalue weighted by Crippen LogP contribution is -2.36. The number of pyridine rings is 1. The smallest absolute Gasteiger partial charge is 0.340 e. The molecule has 3 rings (SSSR count). The third kappa shape index (κ3) is 4.49. The molecule has 0 saturated carbocycles. The minimum absolute atomic E-state index is 0.101. The van der Waals surface area contributed by atoms with Gasteiger partial charge in [-0.2, -0.15) is 13.2 Å². The van der Waals surface area contributed by atoms with Gasteiger partial charge in [0.05, 0.1) is 0 Å². The predicted octanol–water partition coefficient (Wildman–Crippen LogP) is 2.95. The minimum Gasteiger partial charge on any atom is -0.340 e. The number of nitrogens with zero attached hydrogens (tertiary/aromatic N) is 5. The van der Waals surface area contributed by atoms with Crippen LogP contribution in [0, 0.1) is 6.92 Å². The van der Waals surface area contributed by atoms with Gasteiger partial charge in [-0.15, -0.1) is 0 Å². The monoisotopic (exact) mass is 365 g/mol. The van der Waals surface area contributed by atoms with Crippen molar-refractivity contribution in [2.24, 2.45) is 0 Å². The molecule has 1 aliphatic heterocycles. The average molecular weight is 365 g/mol. The van der Waals surface area contributed by atoms with E-state index in [0.29, 0.717) is 0 Å². The van der Waals surface area contributed by atoms with Crippen LogP contribution >= 0.6 is 0 Å². The van der Waals surface area contributed by atoms with Crippen molar-refractivity contribution in [3.05, 3.63) is 47.5 Å². The Morgan fingerprint density at radius 2 is 2.04 bits per heavy atom. The van der Waals surface area contributed by atoms with Crippen molar-refractivity contribution in [2.75, 3.05) is 31.6 Å². The SMILES string of the molecule is Cc1cccc(CCN2CCC(N(C)c3nccc(C(F)(F)F)n3)C2)n1. The summed E-state index contributed by atoms with van der Waals surface area (Å²) in [4.78, 5) is 16.2. The van der Waals surface area contributed by atoms with Crippen molar-refractivity contribution in [1.29, 1.82) is 0 Å². The van der Waals surface area contributed by atoms with Gasteiger partial charge in [-0.1, -0.05) is 6.07 Å². The van der Waals surface area contributed by atoms with E-state index in [-0.39, 0.29) is 12.0 Å². The van der Waals surface area contributed by atoms with Gasteiger partial charge in [-0.05, 0) is 31.5 Å². The minimum atomic E-state index is -4.46. The maximum atomic E-state index is 12.8. The van der Waals surface area contributed by atoms with Crippen LogP contribution in [-0.2, 0) is 12.6 Å². The first-order chi connectivity index (χ1) is 12.3. The van der Waals surface area contributed by atoms with E-state index in [1.165, 1.54) is 0 Å². The van der Waals surface area contributed by atoms with Gasteiger partial charge in [0, 0.05) is 56.7 Å². The third-order valence-corrected chi connectivity index (χ3v) is 4.67. The number of alkyl halides is 3. The zero-order valence-corrected chi connectivity index (χ0v) is 14.9. The van der Waals surface area contributed by atoms with Gasteiger partial charge in [-0.3, -0.25) is 4.98 Å². The van der Waals surface area contributed by atoms with E-state index in [1.54, 1.807) is 11.9 Å². The van der Waals surface area contributed by atoms with Gasteiger partial charge in [0.1, 0.15) is 5.69 Å². The summed E-state index contributed by atoms with van der Waals surface area (Å²) in [5, 5.41) is 0. The van der Waals surface area contributed by atoms with Gasteiger partial charge in [0.15, 0.2) is 0 Å². The van der Waals surface area contributed by atoms with E-state index in [1.807, 2.05) is 25.1 Å². The molecule has 8 heteroatoms. The Kier molecular flexibility index (Phi) is 5.41. The van der Waals surface area contributed by atoms with Crippen LogP contribution in [0.25, 0.3) is 0 Å². The average Bonchev–Trinajstić information content (AvgIpc) is 3.08. The Balaban J connectivity index is 1.58. The van der Waals surface area contributed by atoms with Crippen molar-refractivity contribution in [3.8, 4) is 0 Å². The molecule has 0 aromatic carbocycles. The molecule has 0 radical (unpaired) electrons. The van der Waals surface area contributed by atoms with Crippen LogP contribution < -0.4 is 4.90 Å². The number of hydrogen-bond acceptors (Lipinski definition) is 5. The molecule has 0 amide bonds. The number of rotatable bonds is 5. The molecule has 1 aliphatic rings. The summed E-state index contributed by atoms with van der Waals surface area (Å²) in [6, 6.07) is 6.99. The second-order valence-corrected chi connectivity index (χ2v) is 6.61. The highest BCUT2D eigenvalue weighted by Gasteiger charge is 2.34. The number of aromatic nitrogens is 3. The van der Waals surface area contributed by atoms with Gasteiger partial charge >= 0.3 is 6.18 Å². The molecule has 2 aromatic rings. The first-order valence-electron chi connectivity index (χ1n) is 8.61. The topological polar surface area (TPSA) is 45.2 Å². The van der Waals surface area contributed by atoms with Gasteiger partial charge in [-0.25, -0.2) is 9.97 Å². The Bertz CT molecular complexity index is 750. The van der Waals surface area contributed by atoms with Gasteiger partial charge < -0.3 is 9.80 Å². The maximum absolute atomic E-state index is 12.8. The highest BCUT2D eigenvalue weighted by Crippen LogP contribution is 2.28. The predicted molar refractivity (Wildman–Crippen MR) is 93.0 cm³/mol. The molecule has 3 heterocycles. The summed E-state index contributed by atoms with van der Waals surface area (Å²) in [5.41, 5.74) is 1.15. The van der Waals surface area contributed by atoms with Gasteiger partial charge in [0.2, 0.25) is 5.95 Å². The molecular formula is C18H22F3N5. The molecule has 1 unspecified atom stereocenters. The quantitative estimate of drug-likeness (QED) is 0.815. The number of anilines is 1. The number of likely N-dealkylation sites (N-methyl/N-ethyl adjacent to an activating group) is 1. The Labute approximate surface area is 150 Å². The van der Waals surface area contributed by atoms with Crippen LogP contribution in [0.4, 0.5) is 19.1 Å². The molecule has 1 atom stereocenters. The normalized spacial score (nSPS) is 18.3. The molecule has 0 bridgehead atoms. The van der Waals surface area contributed by atoms with E-state index < -0.39 is 11.9 Å². The Hall–Kier alpha value is -2.22. The highest BCUT2D eigenvalue weighted by atomic mass is 19.4. The van der Waals surface area contributed by atoms with Crippen LogP contribution in [0.15, 0.2) is 30.5 Å². The molecule has 140 valence electrons. The Morgan fingerprint density at radius 1 is 1.23 bits per heavy atom. The molecule has 1 fully saturated rings. The summed E-state index contributed by atoms with van der Waals surface area (Å²) >= 11 is 0. The van der Waals surface area contributed by atoms with Crippen molar-refractivity contribution >= 4 is 5.95 Å². The van der Waals surface area contributed by atoms with E-state index in [9.17, 15) is 13.2 Å².